The summed E-state index contributed by atoms with van der Waals surface area (Å²) in [5.41, 5.74) is 1.03. The fourth-order valence-corrected chi connectivity index (χ4v) is 1.51. The Hall–Kier alpha value is -2.48. The summed E-state index contributed by atoms with van der Waals surface area (Å²) in [6.07, 6.45) is 0.519. The Morgan fingerprint density at radius 2 is 2.05 bits per heavy atom. The van der Waals surface area contributed by atoms with Crippen LogP contribution in [0.3, 0.4) is 0 Å². The summed E-state index contributed by atoms with van der Waals surface area (Å²) in [6, 6.07) is 4.91. The van der Waals surface area contributed by atoms with Crippen LogP contribution in [0.25, 0.3) is 0 Å². The second kappa shape index (κ2) is 7.85. The van der Waals surface area contributed by atoms with Crippen LogP contribution in [0.4, 0.5) is 0 Å². The highest BCUT2D eigenvalue weighted by Gasteiger charge is 2.08. The van der Waals surface area contributed by atoms with Gasteiger partial charge in [0.05, 0.1) is 25.3 Å². The Balaban J connectivity index is 2.83. The van der Waals surface area contributed by atoms with E-state index in [9.17, 15) is 9.59 Å². The molecule has 1 rings (SSSR count). The molecule has 0 fully saturated rings. The van der Waals surface area contributed by atoms with Gasteiger partial charge in [-0.05, 0) is 18.2 Å². The maximum Gasteiger partial charge on any atom is 0.337 e. The van der Waals surface area contributed by atoms with Gasteiger partial charge in [-0.1, -0.05) is 11.8 Å². The molecule has 0 aromatic heterocycles. The molecule has 1 N–H and O–H groups in total. The lowest BCUT2D eigenvalue weighted by Crippen LogP contribution is -2.20. The van der Waals surface area contributed by atoms with Gasteiger partial charge in [-0.2, -0.15) is 0 Å². The Bertz CT molecular complexity index is 555. The first kappa shape index (κ1) is 15.6. The lowest BCUT2D eigenvalue weighted by Gasteiger charge is -2.05. The summed E-state index contributed by atoms with van der Waals surface area (Å²) < 4.78 is 9.84. The van der Waals surface area contributed by atoms with Crippen molar-refractivity contribution < 1.29 is 19.1 Å². The Kier molecular flexibility index (Phi) is 6.11. The molecule has 0 unspecified atom stereocenters. The summed E-state index contributed by atoms with van der Waals surface area (Å²) in [7, 11) is 2.86. The molecule has 1 aromatic carbocycles. The molecule has 1 aromatic rings. The van der Waals surface area contributed by atoms with E-state index in [1.807, 2.05) is 0 Å². The standard InChI is InChI=1S/C15H17NO4/c1-11(17)16-9-5-4-6-12-10-13(15(18)20-3)7-8-14(12)19-2/h7-8,10H,5,9H2,1-3H3,(H,16,17). The van der Waals surface area contributed by atoms with Crippen molar-refractivity contribution in [1.29, 1.82) is 0 Å². The van der Waals surface area contributed by atoms with Gasteiger partial charge in [0.1, 0.15) is 5.75 Å². The topological polar surface area (TPSA) is 64.6 Å². The summed E-state index contributed by atoms with van der Waals surface area (Å²) in [6.45, 7) is 1.94. The lowest BCUT2D eigenvalue weighted by molar-refractivity contribution is -0.118. The number of carbonyl (C=O) groups excluding carboxylic acids is 2. The number of benzene rings is 1. The Morgan fingerprint density at radius 1 is 1.30 bits per heavy atom. The number of hydrogen-bond acceptors (Lipinski definition) is 4. The van der Waals surface area contributed by atoms with Crippen molar-refractivity contribution in [3.05, 3.63) is 29.3 Å². The van der Waals surface area contributed by atoms with Crippen LogP contribution in [0, 0.1) is 11.8 Å². The van der Waals surface area contributed by atoms with Crippen LogP contribution in [-0.4, -0.2) is 32.6 Å². The summed E-state index contributed by atoms with van der Waals surface area (Å²) in [5.74, 6) is 5.92. The molecule has 0 saturated heterocycles. The third kappa shape index (κ3) is 4.65. The number of amides is 1. The van der Waals surface area contributed by atoms with Crippen molar-refractivity contribution in [2.24, 2.45) is 0 Å². The molecule has 0 bridgehead atoms. The molecular formula is C15H17NO4. The third-order valence-electron chi connectivity index (χ3n) is 2.47. The van der Waals surface area contributed by atoms with Crippen LogP contribution in [0.2, 0.25) is 0 Å². The van der Waals surface area contributed by atoms with Crippen LogP contribution in [0.15, 0.2) is 18.2 Å². The molecule has 0 heterocycles. The number of esters is 1. The maximum absolute atomic E-state index is 11.5. The first-order valence-corrected chi connectivity index (χ1v) is 6.08. The number of ether oxygens (including phenoxy) is 2. The quantitative estimate of drug-likeness (QED) is 0.512. The van der Waals surface area contributed by atoms with Crippen molar-refractivity contribution in [3.63, 3.8) is 0 Å². The molecule has 0 aliphatic rings. The lowest BCUT2D eigenvalue weighted by atomic mass is 10.1. The largest absolute Gasteiger partial charge is 0.495 e. The second-order valence-electron chi connectivity index (χ2n) is 3.94. The molecule has 5 heteroatoms. The molecule has 0 radical (unpaired) electrons. The van der Waals surface area contributed by atoms with Gasteiger partial charge in [-0.25, -0.2) is 4.79 Å². The van der Waals surface area contributed by atoms with Crippen LogP contribution < -0.4 is 10.1 Å². The van der Waals surface area contributed by atoms with Gasteiger partial charge in [0, 0.05) is 19.9 Å². The summed E-state index contributed by atoms with van der Waals surface area (Å²) in [5, 5.41) is 2.65. The highest BCUT2D eigenvalue weighted by atomic mass is 16.5. The fraction of sp³-hybridized carbons (Fsp3) is 0.333. The zero-order valence-electron chi connectivity index (χ0n) is 11.8. The minimum atomic E-state index is -0.422. The predicted molar refractivity (Wildman–Crippen MR) is 74.5 cm³/mol. The van der Waals surface area contributed by atoms with Gasteiger partial charge in [-0.15, -0.1) is 0 Å². The maximum atomic E-state index is 11.5. The second-order valence-corrected chi connectivity index (χ2v) is 3.94. The molecule has 0 aliphatic heterocycles. The van der Waals surface area contributed by atoms with E-state index in [1.54, 1.807) is 18.2 Å². The van der Waals surface area contributed by atoms with E-state index in [-0.39, 0.29) is 5.91 Å². The highest BCUT2D eigenvalue weighted by Crippen LogP contribution is 2.19. The minimum Gasteiger partial charge on any atom is -0.495 e. The van der Waals surface area contributed by atoms with E-state index in [4.69, 9.17) is 4.74 Å². The van der Waals surface area contributed by atoms with Crippen molar-refractivity contribution in [2.45, 2.75) is 13.3 Å². The van der Waals surface area contributed by atoms with Crippen molar-refractivity contribution >= 4 is 11.9 Å². The van der Waals surface area contributed by atoms with Crippen LogP contribution in [0.1, 0.15) is 29.3 Å². The number of hydrogen-bond donors (Lipinski definition) is 1. The first-order chi connectivity index (χ1) is 9.58. The summed E-state index contributed by atoms with van der Waals surface area (Å²) in [4.78, 5) is 22.2. The monoisotopic (exact) mass is 275 g/mol. The molecule has 106 valence electrons. The molecule has 20 heavy (non-hydrogen) atoms. The molecule has 1 amide bonds. The average Bonchev–Trinajstić information content (AvgIpc) is 2.45. The normalized spacial score (nSPS) is 9.15. The molecule has 5 nitrogen and oxygen atoms in total. The minimum absolute atomic E-state index is 0.0860. The van der Waals surface area contributed by atoms with Gasteiger partial charge >= 0.3 is 5.97 Å². The van der Waals surface area contributed by atoms with E-state index >= 15 is 0 Å². The molecule has 0 atom stereocenters. The van der Waals surface area contributed by atoms with Crippen molar-refractivity contribution in [3.8, 4) is 17.6 Å². The summed E-state index contributed by atoms with van der Waals surface area (Å²) >= 11 is 0. The predicted octanol–water partition coefficient (Wildman–Crippen LogP) is 1.36. The number of carbonyl (C=O) groups is 2. The van der Waals surface area contributed by atoms with Gasteiger partial charge in [0.25, 0.3) is 0 Å². The van der Waals surface area contributed by atoms with E-state index < -0.39 is 5.97 Å². The average molecular weight is 275 g/mol. The van der Waals surface area contributed by atoms with Crippen molar-refractivity contribution in [2.75, 3.05) is 20.8 Å². The smallest absolute Gasteiger partial charge is 0.337 e. The Labute approximate surface area is 118 Å². The van der Waals surface area contributed by atoms with Gasteiger partial charge in [0.15, 0.2) is 0 Å². The van der Waals surface area contributed by atoms with Gasteiger partial charge in [-0.3, -0.25) is 4.79 Å². The third-order valence-corrected chi connectivity index (χ3v) is 2.47. The zero-order chi connectivity index (χ0) is 15.0. The van der Waals surface area contributed by atoms with E-state index in [1.165, 1.54) is 21.1 Å². The van der Waals surface area contributed by atoms with E-state index in [2.05, 4.69) is 21.9 Å². The van der Waals surface area contributed by atoms with E-state index in [0.717, 1.165) is 0 Å². The van der Waals surface area contributed by atoms with Crippen LogP contribution >= 0.6 is 0 Å². The highest BCUT2D eigenvalue weighted by molar-refractivity contribution is 5.90. The van der Waals surface area contributed by atoms with Gasteiger partial charge in [0.2, 0.25) is 5.91 Å². The SMILES string of the molecule is COC(=O)c1ccc(OC)c(C#CCCNC(C)=O)c1. The molecule has 0 spiro atoms. The zero-order valence-corrected chi connectivity index (χ0v) is 11.8. The van der Waals surface area contributed by atoms with Crippen LogP contribution in [-0.2, 0) is 9.53 Å². The number of methoxy groups -OCH3 is 2. The van der Waals surface area contributed by atoms with E-state index in [0.29, 0.717) is 29.8 Å². The van der Waals surface area contributed by atoms with Crippen molar-refractivity contribution in [1.82, 2.24) is 5.32 Å². The number of rotatable bonds is 4. The molecule has 0 saturated carbocycles. The van der Waals surface area contributed by atoms with Crippen LogP contribution in [0.5, 0.6) is 5.75 Å². The first-order valence-electron chi connectivity index (χ1n) is 6.08. The fourth-order valence-electron chi connectivity index (χ4n) is 1.51. The Morgan fingerprint density at radius 3 is 2.65 bits per heavy atom. The molecule has 0 aliphatic carbocycles. The number of nitrogens with one attached hydrogen (secondary N) is 1. The molecular weight excluding hydrogens is 258 g/mol. The van der Waals surface area contributed by atoms with Gasteiger partial charge < -0.3 is 14.8 Å².